The van der Waals surface area contributed by atoms with E-state index in [9.17, 15) is 9.50 Å². The highest BCUT2D eigenvalue weighted by atomic mass is 35.5. The van der Waals surface area contributed by atoms with Gasteiger partial charge in [-0.3, -0.25) is 0 Å². The molecule has 19 heavy (non-hydrogen) atoms. The zero-order valence-corrected chi connectivity index (χ0v) is 12.9. The number of hydrogen-bond donors (Lipinski definition) is 2. The zero-order chi connectivity index (χ0) is 14.6. The minimum atomic E-state index is -0.487. The molecule has 5 heteroatoms. The summed E-state index contributed by atoms with van der Waals surface area (Å²) in [6, 6.07) is 2.55. The lowest BCUT2D eigenvalue weighted by Gasteiger charge is -2.24. The molecule has 0 amide bonds. The second kappa shape index (κ2) is 7.44. The van der Waals surface area contributed by atoms with E-state index in [1.54, 1.807) is 0 Å². The normalized spacial score (nSPS) is 14.7. The minimum Gasteiger partial charge on any atom is -0.395 e. The van der Waals surface area contributed by atoms with Gasteiger partial charge in [-0.25, -0.2) is 4.39 Å². The van der Waals surface area contributed by atoms with Crippen LogP contribution in [0.3, 0.4) is 0 Å². The van der Waals surface area contributed by atoms with Crippen molar-refractivity contribution < 1.29 is 9.50 Å². The molecular weight excluding hydrogens is 288 g/mol. The molecular formula is C14H20Cl2FNO. The van der Waals surface area contributed by atoms with E-state index in [1.165, 1.54) is 12.1 Å². The predicted molar refractivity (Wildman–Crippen MR) is 78.3 cm³/mol. The van der Waals surface area contributed by atoms with E-state index in [0.717, 1.165) is 6.42 Å². The van der Waals surface area contributed by atoms with Crippen molar-refractivity contribution in [1.82, 2.24) is 5.32 Å². The number of hydrogen-bond acceptors (Lipinski definition) is 2. The third kappa shape index (κ3) is 4.92. The second-order valence-electron chi connectivity index (χ2n) is 5.19. The summed E-state index contributed by atoms with van der Waals surface area (Å²) < 4.78 is 13.5. The van der Waals surface area contributed by atoms with E-state index in [2.05, 4.69) is 19.2 Å². The Morgan fingerprint density at radius 2 is 1.84 bits per heavy atom. The molecule has 1 aromatic rings. The Bertz CT molecular complexity index is 426. The van der Waals surface area contributed by atoms with Crippen LogP contribution in [0.15, 0.2) is 12.1 Å². The third-order valence-corrected chi connectivity index (χ3v) is 3.59. The van der Waals surface area contributed by atoms with Crippen LogP contribution in [-0.2, 0) is 0 Å². The molecule has 1 aromatic carbocycles. The summed E-state index contributed by atoms with van der Waals surface area (Å²) in [6.07, 6.45) is 0.842. The maximum Gasteiger partial charge on any atom is 0.142 e. The molecule has 2 unspecified atom stereocenters. The molecule has 2 nitrogen and oxygen atoms in total. The van der Waals surface area contributed by atoms with Gasteiger partial charge in [0.1, 0.15) is 5.82 Å². The Morgan fingerprint density at radius 3 is 2.37 bits per heavy atom. The van der Waals surface area contributed by atoms with Gasteiger partial charge >= 0.3 is 0 Å². The number of rotatable bonds is 6. The molecule has 0 aliphatic heterocycles. The lowest BCUT2D eigenvalue weighted by Crippen LogP contribution is -2.35. The van der Waals surface area contributed by atoms with Crippen LogP contribution >= 0.6 is 23.2 Å². The SMILES string of the molecule is CC(C)CC(CO)NC(C)c1cc(F)c(Cl)cc1Cl. The van der Waals surface area contributed by atoms with Gasteiger partial charge in [0.05, 0.1) is 11.6 Å². The van der Waals surface area contributed by atoms with Gasteiger partial charge in [-0.05, 0) is 37.0 Å². The van der Waals surface area contributed by atoms with Gasteiger partial charge in [0.2, 0.25) is 0 Å². The highest BCUT2D eigenvalue weighted by Crippen LogP contribution is 2.29. The quantitative estimate of drug-likeness (QED) is 0.772. The van der Waals surface area contributed by atoms with Crippen LogP contribution in [0.25, 0.3) is 0 Å². The molecule has 0 spiro atoms. The fourth-order valence-corrected chi connectivity index (χ4v) is 2.62. The Balaban J connectivity index is 2.82. The largest absolute Gasteiger partial charge is 0.395 e. The van der Waals surface area contributed by atoms with Gasteiger partial charge in [0, 0.05) is 17.1 Å². The zero-order valence-electron chi connectivity index (χ0n) is 11.4. The lowest BCUT2D eigenvalue weighted by molar-refractivity contribution is 0.215. The van der Waals surface area contributed by atoms with Crippen molar-refractivity contribution in [3.8, 4) is 0 Å². The van der Waals surface area contributed by atoms with Gasteiger partial charge in [-0.15, -0.1) is 0 Å². The molecule has 0 radical (unpaired) electrons. The summed E-state index contributed by atoms with van der Waals surface area (Å²) in [5, 5.41) is 13.0. The molecule has 2 atom stereocenters. The van der Waals surface area contributed by atoms with Crippen molar-refractivity contribution >= 4 is 23.2 Å². The lowest BCUT2D eigenvalue weighted by atomic mass is 10.0. The van der Waals surface area contributed by atoms with Crippen molar-refractivity contribution in [1.29, 1.82) is 0 Å². The summed E-state index contributed by atoms with van der Waals surface area (Å²) in [5.41, 5.74) is 0.644. The fraction of sp³-hybridized carbons (Fsp3) is 0.571. The number of halogens is 3. The average molecular weight is 308 g/mol. The maximum atomic E-state index is 13.5. The van der Waals surface area contributed by atoms with Gasteiger partial charge in [-0.2, -0.15) is 0 Å². The molecule has 0 fully saturated rings. The van der Waals surface area contributed by atoms with Crippen LogP contribution in [0.5, 0.6) is 0 Å². The van der Waals surface area contributed by atoms with Crippen LogP contribution < -0.4 is 5.32 Å². The van der Waals surface area contributed by atoms with Crippen LogP contribution in [0.1, 0.15) is 38.8 Å². The second-order valence-corrected chi connectivity index (χ2v) is 6.00. The van der Waals surface area contributed by atoms with Crippen LogP contribution in [-0.4, -0.2) is 17.8 Å². The van der Waals surface area contributed by atoms with E-state index in [1.807, 2.05) is 6.92 Å². The van der Waals surface area contributed by atoms with E-state index in [4.69, 9.17) is 23.2 Å². The highest BCUT2D eigenvalue weighted by Gasteiger charge is 2.17. The number of aliphatic hydroxyl groups excluding tert-OH is 1. The van der Waals surface area contributed by atoms with E-state index in [-0.39, 0.29) is 23.7 Å². The number of aliphatic hydroxyl groups is 1. The summed E-state index contributed by atoms with van der Waals surface area (Å²) >= 11 is 11.7. The first-order valence-electron chi connectivity index (χ1n) is 6.36. The smallest absolute Gasteiger partial charge is 0.142 e. The Hall–Kier alpha value is -0.350. The summed E-state index contributed by atoms with van der Waals surface area (Å²) in [5.74, 6) is -0.0200. The maximum absolute atomic E-state index is 13.5. The first-order valence-corrected chi connectivity index (χ1v) is 7.12. The van der Waals surface area contributed by atoms with Crippen molar-refractivity contribution in [3.63, 3.8) is 0 Å². The summed E-state index contributed by atoms with van der Waals surface area (Å²) in [7, 11) is 0. The average Bonchev–Trinajstić information content (AvgIpc) is 2.32. The summed E-state index contributed by atoms with van der Waals surface area (Å²) in [6.45, 7) is 6.10. The number of nitrogens with one attached hydrogen (secondary N) is 1. The third-order valence-electron chi connectivity index (χ3n) is 2.97. The van der Waals surface area contributed by atoms with Gasteiger partial charge < -0.3 is 10.4 Å². The minimum absolute atomic E-state index is 0.0156. The van der Waals surface area contributed by atoms with Crippen molar-refractivity contribution in [3.05, 3.63) is 33.6 Å². The van der Waals surface area contributed by atoms with Crippen LogP contribution in [0.4, 0.5) is 4.39 Å². The monoisotopic (exact) mass is 307 g/mol. The first-order chi connectivity index (χ1) is 8.85. The molecule has 108 valence electrons. The van der Waals surface area contributed by atoms with Crippen molar-refractivity contribution in [2.45, 2.75) is 39.3 Å². The molecule has 2 N–H and O–H groups in total. The molecule has 0 heterocycles. The first kappa shape index (κ1) is 16.7. The topological polar surface area (TPSA) is 32.3 Å². The van der Waals surface area contributed by atoms with E-state index >= 15 is 0 Å². The van der Waals surface area contributed by atoms with Crippen LogP contribution in [0.2, 0.25) is 10.0 Å². The van der Waals surface area contributed by atoms with Crippen molar-refractivity contribution in [2.75, 3.05) is 6.61 Å². The van der Waals surface area contributed by atoms with E-state index < -0.39 is 5.82 Å². The van der Waals surface area contributed by atoms with Gasteiger partial charge in [0.25, 0.3) is 0 Å². The van der Waals surface area contributed by atoms with E-state index in [0.29, 0.717) is 16.5 Å². The molecule has 0 saturated carbocycles. The molecule has 0 bridgehead atoms. The molecule has 0 aromatic heterocycles. The Kier molecular flexibility index (Phi) is 6.54. The van der Waals surface area contributed by atoms with Crippen molar-refractivity contribution in [2.24, 2.45) is 5.92 Å². The molecule has 1 rings (SSSR count). The highest BCUT2D eigenvalue weighted by molar-refractivity contribution is 6.35. The molecule has 0 saturated heterocycles. The molecule has 0 aliphatic rings. The van der Waals surface area contributed by atoms with Crippen LogP contribution in [0, 0.1) is 11.7 Å². The Morgan fingerprint density at radius 1 is 1.21 bits per heavy atom. The fourth-order valence-electron chi connectivity index (χ4n) is 2.08. The standard InChI is InChI=1S/C14H20Cl2FNO/c1-8(2)4-10(7-19)18-9(3)11-5-14(17)13(16)6-12(11)15/h5-6,8-10,18-19H,4,7H2,1-3H3. The van der Waals surface area contributed by atoms with Gasteiger partial charge in [0.15, 0.2) is 0 Å². The number of benzene rings is 1. The molecule has 0 aliphatic carbocycles. The van der Waals surface area contributed by atoms with Gasteiger partial charge in [-0.1, -0.05) is 37.0 Å². The summed E-state index contributed by atoms with van der Waals surface area (Å²) in [4.78, 5) is 0. The Labute approximate surface area is 123 Å². The predicted octanol–water partition coefficient (Wildman–Crippen LogP) is 4.19.